The number of methoxy groups -OCH3 is 1. The van der Waals surface area contributed by atoms with Crippen LogP contribution >= 0.6 is 23.4 Å². The Kier molecular flexibility index (Phi) is 7.31. The summed E-state index contributed by atoms with van der Waals surface area (Å²) in [5.41, 5.74) is 5.96. The lowest BCUT2D eigenvalue weighted by Crippen LogP contribution is -2.42. The van der Waals surface area contributed by atoms with Crippen LogP contribution in [0, 0.1) is 0 Å². The van der Waals surface area contributed by atoms with E-state index in [2.05, 4.69) is 21.0 Å². The minimum atomic E-state index is -0.388. The molecule has 0 saturated carbocycles. The first kappa shape index (κ1) is 21.7. The lowest BCUT2D eigenvalue weighted by molar-refractivity contribution is -0.119. The van der Waals surface area contributed by atoms with Gasteiger partial charge in [0.2, 0.25) is 5.91 Å². The number of carbonyl (C=O) groups is 2. The van der Waals surface area contributed by atoms with Gasteiger partial charge in [0, 0.05) is 17.1 Å². The van der Waals surface area contributed by atoms with E-state index < -0.39 is 0 Å². The van der Waals surface area contributed by atoms with Gasteiger partial charge < -0.3 is 9.30 Å². The molecule has 0 aliphatic heterocycles. The molecule has 0 aliphatic rings. The molecule has 0 unspecified atom stereocenters. The van der Waals surface area contributed by atoms with Crippen LogP contribution in [0.4, 0.5) is 0 Å². The summed E-state index contributed by atoms with van der Waals surface area (Å²) in [6, 6.07) is 13.9. The monoisotopic (exact) mass is 445 g/mol. The summed E-state index contributed by atoms with van der Waals surface area (Å²) < 4.78 is 7.27. The number of aromatic nitrogens is 3. The summed E-state index contributed by atoms with van der Waals surface area (Å²) in [6.07, 6.45) is 0. The van der Waals surface area contributed by atoms with Gasteiger partial charge in [-0.2, -0.15) is 0 Å². The Bertz CT molecular complexity index is 1040. The smallest absolute Gasteiger partial charge is 0.269 e. The van der Waals surface area contributed by atoms with Crippen LogP contribution in [-0.2, 0) is 11.3 Å². The number of hydrogen-bond donors (Lipinski definition) is 2. The van der Waals surface area contributed by atoms with Gasteiger partial charge in [-0.15, -0.1) is 10.2 Å². The van der Waals surface area contributed by atoms with E-state index >= 15 is 0 Å². The third-order valence-electron chi connectivity index (χ3n) is 4.12. The number of hydrazine groups is 1. The number of halogens is 1. The molecule has 0 fully saturated rings. The third-order valence-corrected chi connectivity index (χ3v) is 5.32. The molecule has 0 radical (unpaired) electrons. The zero-order valence-corrected chi connectivity index (χ0v) is 18.0. The highest BCUT2D eigenvalue weighted by atomic mass is 35.5. The molecule has 2 N–H and O–H groups in total. The van der Waals surface area contributed by atoms with Crippen molar-refractivity contribution >= 4 is 35.2 Å². The van der Waals surface area contributed by atoms with E-state index in [1.165, 1.54) is 11.8 Å². The number of hydrogen-bond acceptors (Lipinski definition) is 6. The van der Waals surface area contributed by atoms with Crippen molar-refractivity contribution in [3.05, 3.63) is 59.1 Å². The van der Waals surface area contributed by atoms with Gasteiger partial charge in [-0.3, -0.25) is 20.4 Å². The van der Waals surface area contributed by atoms with Crippen LogP contribution in [-0.4, -0.2) is 39.4 Å². The number of thioether (sulfide) groups is 1. The Morgan fingerprint density at radius 3 is 2.60 bits per heavy atom. The maximum atomic E-state index is 12.1. The average molecular weight is 446 g/mol. The number of nitrogens with zero attached hydrogens (tertiary/aromatic N) is 3. The highest BCUT2D eigenvalue weighted by Gasteiger charge is 2.18. The first-order valence-electron chi connectivity index (χ1n) is 9.07. The van der Waals surface area contributed by atoms with Gasteiger partial charge in [0.25, 0.3) is 5.91 Å². The van der Waals surface area contributed by atoms with Gasteiger partial charge in [0.05, 0.1) is 18.4 Å². The van der Waals surface area contributed by atoms with E-state index in [1.54, 1.807) is 49.6 Å². The number of amides is 2. The van der Waals surface area contributed by atoms with Crippen molar-refractivity contribution < 1.29 is 14.3 Å². The van der Waals surface area contributed by atoms with Crippen LogP contribution in [0.25, 0.3) is 11.4 Å². The lowest BCUT2D eigenvalue weighted by atomic mass is 10.2. The molecule has 0 atom stereocenters. The SMILES string of the molecule is CCn1c(SCC(=O)NNC(=O)c2ccccc2)nnc1-c1cc(Cl)ccc1OC. The lowest BCUT2D eigenvalue weighted by Gasteiger charge is -2.11. The van der Waals surface area contributed by atoms with Crippen LogP contribution < -0.4 is 15.6 Å². The van der Waals surface area contributed by atoms with Gasteiger partial charge >= 0.3 is 0 Å². The second-order valence-corrected chi connectivity index (χ2v) is 7.43. The summed E-state index contributed by atoms with van der Waals surface area (Å²) in [7, 11) is 1.57. The van der Waals surface area contributed by atoms with Crippen molar-refractivity contribution in [3.63, 3.8) is 0 Å². The minimum Gasteiger partial charge on any atom is -0.496 e. The van der Waals surface area contributed by atoms with Crippen molar-refractivity contribution in [1.82, 2.24) is 25.6 Å². The van der Waals surface area contributed by atoms with Crippen LogP contribution in [0.5, 0.6) is 5.75 Å². The van der Waals surface area contributed by atoms with E-state index in [9.17, 15) is 9.59 Å². The Hall–Kier alpha value is -3.04. The molecule has 3 rings (SSSR count). The quantitative estimate of drug-likeness (QED) is 0.428. The summed E-state index contributed by atoms with van der Waals surface area (Å²) in [4.78, 5) is 24.1. The molecular formula is C20H20ClN5O3S. The van der Waals surface area contributed by atoms with E-state index in [0.717, 1.165) is 0 Å². The first-order chi connectivity index (χ1) is 14.5. The fourth-order valence-electron chi connectivity index (χ4n) is 2.69. The predicted molar refractivity (Wildman–Crippen MR) is 115 cm³/mol. The van der Waals surface area contributed by atoms with Gasteiger partial charge in [-0.05, 0) is 37.3 Å². The van der Waals surface area contributed by atoms with Crippen LogP contribution in [0.15, 0.2) is 53.7 Å². The molecule has 30 heavy (non-hydrogen) atoms. The van der Waals surface area contributed by atoms with E-state index in [1.807, 2.05) is 17.6 Å². The Morgan fingerprint density at radius 1 is 1.13 bits per heavy atom. The fraction of sp³-hybridized carbons (Fsp3) is 0.200. The molecule has 156 valence electrons. The van der Waals surface area contributed by atoms with Crippen LogP contribution in [0.2, 0.25) is 5.02 Å². The number of nitrogens with one attached hydrogen (secondary N) is 2. The van der Waals surface area contributed by atoms with Crippen molar-refractivity contribution in [1.29, 1.82) is 0 Å². The number of rotatable bonds is 7. The Labute approximate surface area is 182 Å². The van der Waals surface area contributed by atoms with Gasteiger partial charge in [-0.25, -0.2) is 0 Å². The molecule has 8 nitrogen and oxygen atoms in total. The molecule has 0 spiro atoms. The summed E-state index contributed by atoms with van der Waals surface area (Å²) in [6.45, 7) is 2.54. The molecule has 10 heteroatoms. The highest BCUT2D eigenvalue weighted by Crippen LogP contribution is 2.33. The molecule has 2 amide bonds. The van der Waals surface area contributed by atoms with Crippen molar-refractivity contribution in [2.24, 2.45) is 0 Å². The van der Waals surface area contributed by atoms with Crippen molar-refractivity contribution in [2.45, 2.75) is 18.6 Å². The number of benzene rings is 2. The molecule has 0 bridgehead atoms. The normalized spacial score (nSPS) is 10.5. The van der Waals surface area contributed by atoms with Gasteiger partial charge in [0.15, 0.2) is 11.0 Å². The maximum absolute atomic E-state index is 12.1. The maximum Gasteiger partial charge on any atom is 0.269 e. The molecule has 2 aromatic carbocycles. The van der Waals surface area contributed by atoms with Gasteiger partial charge in [-0.1, -0.05) is 41.6 Å². The first-order valence-corrected chi connectivity index (χ1v) is 10.4. The van der Waals surface area contributed by atoms with Crippen molar-refractivity contribution in [3.8, 4) is 17.1 Å². The zero-order chi connectivity index (χ0) is 21.5. The van der Waals surface area contributed by atoms with E-state index in [0.29, 0.717) is 39.4 Å². The van der Waals surface area contributed by atoms with Crippen molar-refractivity contribution in [2.75, 3.05) is 12.9 Å². The summed E-state index contributed by atoms with van der Waals surface area (Å²) >= 11 is 7.34. The molecule has 1 heterocycles. The molecular weight excluding hydrogens is 426 g/mol. The second-order valence-electron chi connectivity index (χ2n) is 6.05. The Balaban J connectivity index is 1.64. The van der Waals surface area contributed by atoms with Crippen LogP contribution in [0.1, 0.15) is 17.3 Å². The minimum absolute atomic E-state index is 0.0554. The van der Waals surface area contributed by atoms with Crippen LogP contribution in [0.3, 0.4) is 0 Å². The molecule has 0 aliphatic carbocycles. The summed E-state index contributed by atoms with van der Waals surface area (Å²) in [5, 5.41) is 9.57. The topological polar surface area (TPSA) is 98.1 Å². The highest BCUT2D eigenvalue weighted by molar-refractivity contribution is 7.99. The second kappa shape index (κ2) is 10.1. The molecule has 3 aromatic rings. The van der Waals surface area contributed by atoms with E-state index in [4.69, 9.17) is 16.3 Å². The number of ether oxygens (including phenoxy) is 1. The molecule has 1 aromatic heterocycles. The van der Waals surface area contributed by atoms with Gasteiger partial charge in [0.1, 0.15) is 5.75 Å². The largest absolute Gasteiger partial charge is 0.496 e. The van der Waals surface area contributed by atoms with E-state index in [-0.39, 0.29) is 17.6 Å². The predicted octanol–water partition coefficient (Wildman–Crippen LogP) is 3.18. The standard InChI is InChI=1S/C20H20ClN5O3S/c1-3-26-18(15-11-14(21)9-10-16(15)29-2)23-25-20(26)30-12-17(27)22-24-19(28)13-7-5-4-6-8-13/h4-11H,3,12H2,1-2H3,(H,22,27)(H,24,28). The Morgan fingerprint density at radius 2 is 1.90 bits per heavy atom. The zero-order valence-electron chi connectivity index (χ0n) is 16.4. The number of carbonyl (C=O) groups excluding carboxylic acids is 2. The fourth-order valence-corrected chi connectivity index (χ4v) is 3.66. The molecule has 0 saturated heterocycles. The summed E-state index contributed by atoms with van der Waals surface area (Å²) in [5.74, 6) is 0.522. The third kappa shape index (κ3) is 5.11. The average Bonchev–Trinajstić information content (AvgIpc) is 3.19.